The molecule has 2 amide bonds. The number of amides is 2. The van der Waals surface area contributed by atoms with Gasteiger partial charge in [-0.25, -0.2) is 0 Å². The minimum Gasteiger partial charge on any atom is -0.371 e. The van der Waals surface area contributed by atoms with E-state index in [9.17, 15) is 9.59 Å². The van der Waals surface area contributed by atoms with Crippen LogP contribution in [-0.4, -0.2) is 56.0 Å². The fraction of sp³-hybridized carbons (Fsp3) is 0.545. The standard InChI is InChI=1S/C22H31N3O3/c26-21(23-12-11-18-7-3-1-4-8-18)22(27)24-13-14-25-15-16-28-20(17-25)19-9-5-2-6-10-19/h2,5-7,9-10,20H,1,3-4,8,11-17H2,(H,23,26)(H,24,27)/t20-/m1/s1. The van der Waals surface area contributed by atoms with Gasteiger partial charge in [0.25, 0.3) is 0 Å². The number of carbonyl (C=O) groups is 2. The maximum absolute atomic E-state index is 12.0. The lowest BCUT2D eigenvalue weighted by Gasteiger charge is -2.33. The molecule has 2 aliphatic rings. The molecule has 0 aromatic heterocycles. The van der Waals surface area contributed by atoms with E-state index >= 15 is 0 Å². The number of allylic oxidation sites excluding steroid dienone is 1. The number of rotatable bonds is 7. The average molecular weight is 386 g/mol. The summed E-state index contributed by atoms with van der Waals surface area (Å²) in [6, 6.07) is 10.2. The molecule has 1 atom stereocenters. The highest BCUT2D eigenvalue weighted by Gasteiger charge is 2.22. The summed E-state index contributed by atoms with van der Waals surface area (Å²) in [7, 11) is 0. The highest BCUT2D eigenvalue weighted by atomic mass is 16.5. The van der Waals surface area contributed by atoms with Crippen molar-refractivity contribution >= 4 is 11.8 Å². The first-order valence-corrected chi connectivity index (χ1v) is 10.4. The Morgan fingerprint density at radius 3 is 2.61 bits per heavy atom. The van der Waals surface area contributed by atoms with Gasteiger partial charge in [-0.1, -0.05) is 42.0 Å². The Morgan fingerprint density at radius 1 is 1.07 bits per heavy atom. The lowest BCUT2D eigenvalue weighted by molar-refractivity contribution is -0.139. The summed E-state index contributed by atoms with van der Waals surface area (Å²) >= 11 is 0. The largest absolute Gasteiger partial charge is 0.371 e. The molecule has 6 nitrogen and oxygen atoms in total. The smallest absolute Gasteiger partial charge is 0.309 e. The number of nitrogens with zero attached hydrogens (tertiary/aromatic N) is 1. The zero-order valence-electron chi connectivity index (χ0n) is 16.5. The third-order valence-electron chi connectivity index (χ3n) is 5.36. The van der Waals surface area contributed by atoms with E-state index in [4.69, 9.17) is 4.74 Å². The highest BCUT2D eigenvalue weighted by Crippen LogP contribution is 2.21. The summed E-state index contributed by atoms with van der Waals surface area (Å²) in [6.07, 6.45) is 7.90. The van der Waals surface area contributed by atoms with E-state index in [1.54, 1.807) is 0 Å². The molecule has 0 radical (unpaired) electrons. The molecule has 1 aliphatic carbocycles. The molecule has 0 saturated carbocycles. The molecule has 1 fully saturated rings. The zero-order chi connectivity index (χ0) is 19.6. The van der Waals surface area contributed by atoms with Gasteiger partial charge in [0.15, 0.2) is 0 Å². The first-order chi connectivity index (χ1) is 13.7. The maximum atomic E-state index is 12.0. The van der Waals surface area contributed by atoms with Crippen LogP contribution in [0.2, 0.25) is 0 Å². The summed E-state index contributed by atoms with van der Waals surface area (Å²) in [5.74, 6) is -1.09. The van der Waals surface area contributed by atoms with Crippen molar-refractivity contribution in [3.05, 3.63) is 47.5 Å². The summed E-state index contributed by atoms with van der Waals surface area (Å²) in [5.41, 5.74) is 2.57. The van der Waals surface area contributed by atoms with E-state index in [0.717, 1.165) is 32.4 Å². The first kappa shape index (κ1) is 20.6. The topological polar surface area (TPSA) is 70.7 Å². The quantitative estimate of drug-likeness (QED) is 0.558. The van der Waals surface area contributed by atoms with Gasteiger partial charge in [0, 0.05) is 32.7 Å². The van der Waals surface area contributed by atoms with Crippen LogP contribution in [0.5, 0.6) is 0 Å². The number of hydrogen-bond acceptors (Lipinski definition) is 4. The Morgan fingerprint density at radius 2 is 1.86 bits per heavy atom. The van der Waals surface area contributed by atoms with Crippen LogP contribution in [0.25, 0.3) is 0 Å². The molecule has 0 spiro atoms. The Hall–Kier alpha value is -2.18. The van der Waals surface area contributed by atoms with Crippen molar-refractivity contribution in [1.29, 1.82) is 0 Å². The van der Waals surface area contributed by atoms with Crippen molar-refractivity contribution < 1.29 is 14.3 Å². The minimum atomic E-state index is -0.550. The predicted molar refractivity (Wildman–Crippen MR) is 109 cm³/mol. The Bertz CT molecular complexity index is 675. The Kier molecular flexibility index (Phi) is 8.06. The molecule has 2 N–H and O–H groups in total. The second-order valence-corrected chi connectivity index (χ2v) is 7.44. The van der Waals surface area contributed by atoms with Gasteiger partial charge in [0.1, 0.15) is 0 Å². The molecule has 1 aromatic carbocycles. The molecule has 1 aromatic rings. The molecule has 6 heteroatoms. The molecule has 1 heterocycles. The first-order valence-electron chi connectivity index (χ1n) is 10.4. The number of hydrogen-bond donors (Lipinski definition) is 2. The van der Waals surface area contributed by atoms with Crippen LogP contribution in [-0.2, 0) is 14.3 Å². The van der Waals surface area contributed by atoms with Gasteiger partial charge in [-0.05, 0) is 37.7 Å². The number of ether oxygens (including phenoxy) is 1. The number of nitrogens with one attached hydrogen (secondary N) is 2. The van der Waals surface area contributed by atoms with Gasteiger partial charge in [0.05, 0.1) is 12.7 Å². The van der Waals surface area contributed by atoms with Crippen molar-refractivity contribution in [2.24, 2.45) is 0 Å². The number of morpholine rings is 1. The predicted octanol–water partition coefficient (Wildman–Crippen LogP) is 2.18. The summed E-state index contributed by atoms with van der Waals surface area (Å²) < 4.78 is 5.86. The summed E-state index contributed by atoms with van der Waals surface area (Å²) in [4.78, 5) is 26.2. The van der Waals surface area contributed by atoms with Crippen molar-refractivity contribution in [3.8, 4) is 0 Å². The molecule has 152 valence electrons. The molecule has 0 bridgehead atoms. The van der Waals surface area contributed by atoms with Crippen LogP contribution in [0.4, 0.5) is 0 Å². The van der Waals surface area contributed by atoms with E-state index in [2.05, 4.69) is 33.7 Å². The van der Waals surface area contributed by atoms with Crippen LogP contribution in [0, 0.1) is 0 Å². The van der Waals surface area contributed by atoms with E-state index in [0.29, 0.717) is 26.2 Å². The van der Waals surface area contributed by atoms with Crippen molar-refractivity contribution in [2.75, 3.05) is 39.3 Å². The van der Waals surface area contributed by atoms with Gasteiger partial charge < -0.3 is 15.4 Å². The van der Waals surface area contributed by atoms with Crippen LogP contribution in [0.3, 0.4) is 0 Å². The number of benzene rings is 1. The molecule has 3 rings (SSSR count). The summed E-state index contributed by atoms with van der Waals surface area (Å²) in [5, 5.41) is 5.45. The lowest BCUT2D eigenvalue weighted by atomic mass is 9.97. The molecular formula is C22H31N3O3. The van der Waals surface area contributed by atoms with Crippen LogP contribution >= 0.6 is 0 Å². The fourth-order valence-corrected chi connectivity index (χ4v) is 3.73. The minimum absolute atomic E-state index is 0.0584. The van der Waals surface area contributed by atoms with Gasteiger partial charge in [-0.15, -0.1) is 0 Å². The zero-order valence-corrected chi connectivity index (χ0v) is 16.5. The lowest BCUT2D eigenvalue weighted by Crippen LogP contribution is -2.45. The van der Waals surface area contributed by atoms with E-state index < -0.39 is 11.8 Å². The third kappa shape index (κ3) is 6.46. The average Bonchev–Trinajstić information content (AvgIpc) is 2.75. The maximum Gasteiger partial charge on any atom is 0.309 e. The highest BCUT2D eigenvalue weighted by molar-refractivity contribution is 6.35. The normalized spacial score (nSPS) is 20.3. The van der Waals surface area contributed by atoms with Gasteiger partial charge >= 0.3 is 11.8 Å². The Labute approximate surface area is 167 Å². The second kappa shape index (κ2) is 11.0. The van der Waals surface area contributed by atoms with Crippen LogP contribution in [0.1, 0.15) is 43.8 Å². The molecule has 1 saturated heterocycles. The van der Waals surface area contributed by atoms with Crippen LogP contribution < -0.4 is 10.6 Å². The molecular weight excluding hydrogens is 354 g/mol. The Balaban J connectivity index is 1.32. The van der Waals surface area contributed by atoms with E-state index in [1.165, 1.54) is 24.0 Å². The monoisotopic (exact) mass is 385 g/mol. The van der Waals surface area contributed by atoms with Gasteiger partial charge in [-0.3, -0.25) is 14.5 Å². The van der Waals surface area contributed by atoms with E-state index in [-0.39, 0.29) is 6.10 Å². The fourth-order valence-electron chi connectivity index (χ4n) is 3.73. The van der Waals surface area contributed by atoms with Crippen LogP contribution in [0.15, 0.2) is 42.0 Å². The van der Waals surface area contributed by atoms with E-state index in [1.807, 2.05) is 18.2 Å². The van der Waals surface area contributed by atoms with Crippen molar-refractivity contribution in [1.82, 2.24) is 15.5 Å². The van der Waals surface area contributed by atoms with Crippen molar-refractivity contribution in [2.45, 2.75) is 38.2 Å². The SMILES string of the molecule is O=C(NCCC1=CCCCC1)C(=O)NCCN1CCO[C@@H](c2ccccc2)C1. The second-order valence-electron chi connectivity index (χ2n) is 7.44. The third-order valence-corrected chi connectivity index (χ3v) is 5.36. The summed E-state index contributed by atoms with van der Waals surface area (Å²) in [6.45, 7) is 3.99. The molecule has 1 aliphatic heterocycles. The number of carbonyl (C=O) groups excluding carboxylic acids is 2. The van der Waals surface area contributed by atoms with Gasteiger partial charge in [0.2, 0.25) is 0 Å². The van der Waals surface area contributed by atoms with Gasteiger partial charge in [-0.2, -0.15) is 0 Å². The molecule has 0 unspecified atom stereocenters. The van der Waals surface area contributed by atoms with Crippen molar-refractivity contribution in [3.63, 3.8) is 0 Å². The molecule has 28 heavy (non-hydrogen) atoms.